The molecule has 0 saturated heterocycles. The monoisotopic (exact) mass is 825 g/mol. The zero-order valence-corrected chi connectivity index (χ0v) is 33.8. The molecule has 15 nitrogen and oxygen atoms in total. The number of allylic oxidation sites excluding steroid dienone is 4. The normalized spacial score (nSPS) is 20.9. The number of hydrogen-bond acceptors (Lipinski definition) is 12. The molecule has 2 heterocycles. The third-order valence-electron chi connectivity index (χ3n) is 10.4. The Morgan fingerprint density at radius 3 is 2.13 bits per heavy atom. The number of rotatable bonds is 21. The van der Waals surface area contributed by atoms with E-state index in [9.17, 15) is 43.7 Å². The van der Waals surface area contributed by atoms with Crippen LogP contribution >= 0.6 is 0 Å². The predicted molar refractivity (Wildman–Crippen MR) is 203 cm³/mol. The van der Waals surface area contributed by atoms with Crippen LogP contribution < -0.4 is 4.90 Å². The highest BCUT2D eigenvalue weighted by molar-refractivity contribution is 7.86. The number of carbonyl (C=O) groups is 1. The molecule has 2 aromatic rings. The van der Waals surface area contributed by atoms with Gasteiger partial charge in [-0.2, -0.15) is 13.0 Å². The third kappa shape index (κ3) is 10.5. The van der Waals surface area contributed by atoms with Gasteiger partial charge in [-0.15, -0.1) is 0 Å². The quantitative estimate of drug-likeness (QED) is 0.101. The minimum absolute atomic E-state index is 0.000966. The van der Waals surface area contributed by atoms with Gasteiger partial charge in [0.15, 0.2) is 5.71 Å². The van der Waals surface area contributed by atoms with Crippen LogP contribution in [0.2, 0.25) is 0 Å². The lowest BCUT2D eigenvalue weighted by Gasteiger charge is -2.30. The number of carboxylic acid groups (broad SMARTS) is 1. The molecule has 0 radical (unpaired) electrons. The summed E-state index contributed by atoms with van der Waals surface area (Å²) >= 11 is 0. The Hall–Kier alpha value is -3.49. The molecule has 2 unspecified atom stereocenters. The highest BCUT2D eigenvalue weighted by atomic mass is 32.2. The molecule has 0 fully saturated rings. The van der Waals surface area contributed by atoms with E-state index >= 15 is 0 Å². The Morgan fingerprint density at radius 2 is 1.53 bits per heavy atom. The van der Waals surface area contributed by atoms with Crippen LogP contribution in [0.4, 0.5) is 11.4 Å². The molecule has 0 aliphatic carbocycles. The lowest BCUT2D eigenvalue weighted by Crippen LogP contribution is -2.32. The van der Waals surface area contributed by atoms with Crippen molar-refractivity contribution in [3.8, 4) is 0 Å². The molecular weight excluding hydrogens is 777 g/mol. The van der Waals surface area contributed by atoms with Gasteiger partial charge in [-0.25, -0.2) is 16.8 Å². The number of nitrogens with zero attached hydrogens (tertiary/aromatic N) is 2. The first-order valence-corrected chi connectivity index (χ1v) is 22.4. The minimum Gasteiger partial charge on any atom is -0.744 e. The number of carboxylic acids is 1. The summed E-state index contributed by atoms with van der Waals surface area (Å²) in [6.07, 6.45) is 7.59. The second-order valence-electron chi connectivity index (χ2n) is 14.1. The molecule has 2 aliphatic rings. The van der Waals surface area contributed by atoms with Crippen LogP contribution in [-0.4, -0.2) is 106 Å². The van der Waals surface area contributed by atoms with Crippen LogP contribution in [0.15, 0.2) is 70.1 Å². The number of unbranched alkanes of at least 4 members (excludes halogenated alkanes) is 2. The third-order valence-corrected chi connectivity index (χ3v) is 12.8. The highest BCUT2D eigenvalue weighted by Gasteiger charge is 2.48. The first kappa shape index (κ1) is 44.2. The van der Waals surface area contributed by atoms with Crippen LogP contribution in [0.25, 0.3) is 0 Å². The summed E-state index contributed by atoms with van der Waals surface area (Å²) in [7, 11) is -12.4. The van der Waals surface area contributed by atoms with Gasteiger partial charge in [0.05, 0.1) is 34.2 Å². The molecule has 0 bridgehead atoms. The fraction of sp³-hybridized carbons (Fsp3) is 0.514. The molecular formula is C37H49N2O13S3-. The Kier molecular flexibility index (Phi) is 14.3. The molecule has 0 aromatic heterocycles. The topological polar surface area (TPSA) is 231 Å². The van der Waals surface area contributed by atoms with Gasteiger partial charge in [-0.05, 0) is 94.8 Å². The van der Waals surface area contributed by atoms with Crippen LogP contribution in [0, 0.1) is 0 Å². The summed E-state index contributed by atoms with van der Waals surface area (Å²) in [6, 6.07) is 8.36. The van der Waals surface area contributed by atoms with Crippen molar-refractivity contribution < 1.29 is 62.9 Å². The molecule has 2 aliphatic heterocycles. The highest BCUT2D eigenvalue weighted by Crippen LogP contribution is 2.51. The SMILES string of the molecule is CCN1/C(=C/C=C/C2=[N+](CCCCCC(=O)O)c3ccc(S(=O)(=O)[O-])cc3C2(C)CCCS(=O)(=O)O)C(C)(CCOCCOC)c2cc(S(=O)(=O)[O-])ccc21. The second-order valence-corrected chi connectivity index (χ2v) is 18.4. The van der Waals surface area contributed by atoms with Crippen molar-refractivity contribution in [2.75, 3.05) is 50.7 Å². The van der Waals surface area contributed by atoms with Crippen molar-refractivity contribution in [1.29, 1.82) is 0 Å². The van der Waals surface area contributed by atoms with Crippen LogP contribution in [0.1, 0.15) is 76.8 Å². The first-order chi connectivity index (χ1) is 25.7. The van der Waals surface area contributed by atoms with E-state index in [-0.39, 0.29) is 30.8 Å². The van der Waals surface area contributed by atoms with Gasteiger partial charge in [-0.1, -0.05) is 6.08 Å². The van der Waals surface area contributed by atoms with E-state index in [0.717, 1.165) is 11.4 Å². The molecule has 0 amide bonds. The Balaban J connectivity index is 1.87. The summed E-state index contributed by atoms with van der Waals surface area (Å²) in [5.74, 6) is -1.47. The second kappa shape index (κ2) is 17.8. The number of benzene rings is 2. The number of aliphatic carboxylic acids is 1. The summed E-state index contributed by atoms with van der Waals surface area (Å²) in [5, 5.41) is 9.13. The average Bonchev–Trinajstić information content (AvgIpc) is 3.46. The Morgan fingerprint density at radius 1 is 0.873 bits per heavy atom. The number of methoxy groups -OCH3 is 1. The van der Waals surface area contributed by atoms with E-state index in [1.807, 2.05) is 42.4 Å². The zero-order valence-electron chi connectivity index (χ0n) is 31.4. The number of likely N-dealkylation sites (N-methyl/N-ethyl adjacent to an activating group) is 1. The maximum absolute atomic E-state index is 12.2. The van der Waals surface area contributed by atoms with Crippen molar-refractivity contribution in [2.45, 2.75) is 86.3 Å². The largest absolute Gasteiger partial charge is 0.744 e. The van der Waals surface area contributed by atoms with Crippen molar-refractivity contribution in [3.05, 3.63) is 71.5 Å². The molecule has 4 rings (SSSR count). The first-order valence-electron chi connectivity index (χ1n) is 17.9. The standard InChI is InChI=1S/C37H50N2O13S3/c1-5-38-31-16-14-27(54(45,46)47)25-29(31)37(3,19-21-52-23-22-51-4)33(38)11-9-12-34-36(2,18-10-24-53(42,43)44)30-26-28(55(48,49)50)15-17-32(30)39(34)20-8-6-7-13-35(40)41/h9,11-12,14-17,25-26H,5-8,10,13,18-24H2,1-4H3,(H3-,40,41,42,43,44,45,46,47,48,49,50)/p-1. The van der Waals surface area contributed by atoms with Gasteiger partial charge in [-0.3, -0.25) is 9.35 Å². The van der Waals surface area contributed by atoms with Gasteiger partial charge in [0.25, 0.3) is 10.1 Å². The maximum Gasteiger partial charge on any atom is 0.303 e. The molecule has 2 N–H and O–H groups in total. The lowest BCUT2D eigenvalue weighted by molar-refractivity contribution is -0.438. The number of ether oxygens (including phenoxy) is 2. The van der Waals surface area contributed by atoms with E-state index in [2.05, 4.69) is 0 Å². The summed E-state index contributed by atoms with van der Waals surface area (Å²) in [4.78, 5) is 12.3. The number of hydrogen-bond donors (Lipinski definition) is 2. The van der Waals surface area contributed by atoms with Crippen LogP contribution in [0.3, 0.4) is 0 Å². The molecule has 0 spiro atoms. The van der Waals surface area contributed by atoms with Gasteiger partial charge >= 0.3 is 5.97 Å². The zero-order chi connectivity index (χ0) is 40.8. The fourth-order valence-corrected chi connectivity index (χ4v) is 9.07. The van der Waals surface area contributed by atoms with Crippen molar-refractivity contribution in [2.24, 2.45) is 0 Å². The average molecular weight is 826 g/mol. The Labute approximate surface area is 323 Å². The fourth-order valence-electron chi connectivity index (χ4n) is 7.56. The predicted octanol–water partition coefficient (Wildman–Crippen LogP) is 4.46. The van der Waals surface area contributed by atoms with Gasteiger partial charge in [0.1, 0.15) is 26.8 Å². The van der Waals surface area contributed by atoms with E-state index < -0.39 is 57.8 Å². The van der Waals surface area contributed by atoms with Crippen molar-refractivity contribution in [1.82, 2.24) is 0 Å². The molecule has 18 heteroatoms. The minimum atomic E-state index is -4.86. The van der Waals surface area contributed by atoms with E-state index in [0.29, 0.717) is 74.5 Å². The summed E-state index contributed by atoms with van der Waals surface area (Å²) < 4.78 is 119. The van der Waals surface area contributed by atoms with Crippen LogP contribution in [-0.2, 0) is 55.5 Å². The van der Waals surface area contributed by atoms with Gasteiger partial charge in [0, 0.05) is 67.6 Å². The molecule has 55 heavy (non-hydrogen) atoms. The van der Waals surface area contributed by atoms with E-state index in [4.69, 9.17) is 14.6 Å². The molecule has 2 aromatic carbocycles. The number of fused-ring (bicyclic) bond motifs is 2. The molecule has 2 atom stereocenters. The van der Waals surface area contributed by atoms with Gasteiger partial charge < -0.3 is 28.6 Å². The maximum atomic E-state index is 12.2. The molecule has 304 valence electrons. The van der Waals surface area contributed by atoms with E-state index in [1.54, 1.807) is 19.3 Å². The van der Waals surface area contributed by atoms with Crippen molar-refractivity contribution in [3.63, 3.8) is 0 Å². The smallest absolute Gasteiger partial charge is 0.303 e. The molecule has 0 saturated carbocycles. The summed E-state index contributed by atoms with van der Waals surface area (Å²) in [5.41, 5.74) is 1.98. The summed E-state index contributed by atoms with van der Waals surface area (Å²) in [6.45, 7) is 7.55. The van der Waals surface area contributed by atoms with Gasteiger partial charge in [0.2, 0.25) is 5.69 Å². The van der Waals surface area contributed by atoms with E-state index in [1.165, 1.54) is 30.3 Å². The van der Waals surface area contributed by atoms with Crippen LogP contribution in [0.5, 0.6) is 0 Å². The lowest BCUT2D eigenvalue weighted by atomic mass is 9.75. The number of anilines is 1. The van der Waals surface area contributed by atoms with Crippen molar-refractivity contribution >= 4 is 53.4 Å². The Bertz CT molecular complexity index is 2180.